The molecule has 0 fully saturated rings. The highest BCUT2D eigenvalue weighted by Crippen LogP contribution is 2.25. The Hall–Kier alpha value is -1.06. The number of benzene rings is 1. The number of aldehydes is 1. The lowest BCUT2D eigenvalue weighted by molar-refractivity contribution is 0.112. The number of halogens is 1. The maximum Gasteiger partial charge on any atom is 0.150 e. The van der Waals surface area contributed by atoms with Crippen molar-refractivity contribution < 1.29 is 14.6 Å². The summed E-state index contributed by atoms with van der Waals surface area (Å²) in [6, 6.07) is 4.83. The molecular formula is C11H13ClO3. The van der Waals surface area contributed by atoms with Crippen molar-refractivity contribution in [2.24, 2.45) is 5.92 Å². The van der Waals surface area contributed by atoms with Gasteiger partial charge < -0.3 is 9.84 Å². The highest BCUT2D eigenvalue weighted by molar-refractivity contribution is 6.32. The average molecular weight is 229 g/mol. The molecule has 0 saturated heterocycles. The van der Waals surface area contributed by atoms with Crippen molar-refractivity contribution in [1.82, 2.24) is 0 Å². The number of aliphatic hydroxyl groups is 1. The highest BCUT2D eigenvalue weighted by atomic mass is 35.5. The van der Waals surface area contributed by atoms with Gasteiger partial charge >= 0.3 is 0 Å². The van der Waals surface area contributed by atoms with Crippen LogP contribution in [0.5, 0.6) is 5.75 Å². The number of hydrogen-bond acceptors (Lipinski definition) is 3. The first-order valence-corrected chi connectivity index (χ1v) is 5.03. The number of ether oxygens (including phenoxy) is 1. The molecule has 15 heavy (non-hydrogen) atoms. The third-order valence-corrected chi connectivity index (χ3v) is 2.22. The quantitative estimate of drug-likeness (QED) is 0.786. The van der Waals surface area contributed by atoms with E-state index in [1.807, 2.05) is 6.92 Å². The molecule has 0 heterocycles. The Morgan fingerprint density at radius 1 is 1.60 bits per heavy atom. The second-order valence-electron chi connectivity index (χ2n) is 3.41. The molecule has 0 amide bonds. The first kappa shape index (κ1) is 12.0. The minimum atomic E-state index is 0.0619. The average Bonchev–Trinajstić information content (AvgIpc) is 2.26. The predicted molar refractivity (Wildman–Crippen MR) is 58.6 cm³/mol. The highest BCUT2D eigenvalue weighted by Gasteiger charge is 2.05. The predicted octanol–water partition coefficient (Wildman–Crippen LogP) is 2.16. The van der Waals surface area contributed by atoms with Gasteiger partial charge in [0.05, 0.1) is 11.6 Å². The van der Waals surface area contributed by atoms with E-state index in [0.29, 0.717) is 22.9 Å². The lowest BCUT2D eigenvalue weighted by Gasteiger charge is -2.11. The van der Waals surface area contributed by atoms with Gasteiger partial charge in [-0.25, -0.2) is 0 Å². The van der Waals surface area contributed by atoms with Gasteiger partial charge in [0.1, 0.15) is 12.0 Å². The fourth-order valence-corrected chi connectivity index (χ4v) is 1.24. The maximum absolute atomic E-state index is 10.4. The van der Waals surface area contributed by atoms with Crippen LogP contribution in [0.25, 0.3) is 0 Å². The number of carbonyl (C=O) groups is 1. The van der Waals surface area contributed by atoms with Gasteiger partial charge in [0.25, 0.3) is 0 Å². The molecular weight excluding hydrogens is 216 g/mol. The Morgan fingerprint density at radius 3 is 2.87 bits per heavy atom. The Morgan fingerprint density at radius 2 is 2.33 bits per heavy atom. The molecule has 1 atom stereocenters. The second-order valence-corrected chi connectivity index (χ2v) is 3.81. The molecule has 1 aromatic carbocycles. The normalized spacial score (nSPS) is 12.2. The molecule has 0 aromatic heterocycles. The molecule has 1 N–H and O–H groups in total. The summed E-state index contributed by atoms with van der Waals surface area (Å²) in [6.45, 7) is 2.34. The lowest BCUT2D eigenvalue weighted by atomic mass is 10.2. The molecule has 0 aliphatic heterocycles. The van der Waals surface area contributed by atoms with E-state index >= 15 is 0 Å². The largest absolute Gasteiger partial charge is 0.492 e. The monoisotopic (exact) mass is 228 g/mol. The van der Waals surface area contributed by atoms with E-state index in [2.05, 4.69) is 0 Å². The zero-order valence-corrected chi connectivity index (χ0v) is 9.20. The van der Waals surface area contributed by atoms with Crippen LogP contribution < -0.4 is 4.74 Å². The minimum Gasteiger partial charge on any atom is -0.492 e. The van der Waals surface area contributed by atoms with Crippen molar-refractivity contribution in [2.45, 2.75) is 6.92 Å². The molecule has 82 valence electrons. The van der Waals surface area contributed by atoms with Crippen molar-refractivity contribution in [1.29, 1.82) is 0 Å². The van der Waals surface area contributed by atoms with Gasteiger partial charge in [-0.15, -0.1) is 0 Å². The first-order chi connectivity index (χ1) is 7.17. The standard InChI is InChI=1S/C11H13ClO3/c1-8(5-13)7-15-11-3-2-9(6-14)4-10(11)12/h2-4,6,8,13H,5,7H2,1H3. The van der Waals surface area contributed by atoms with Crippen LogP contribution in [-0.4, -0.2) is 24.6 Å². The van der Waals surface area contributed by atoms with Gasteiger partial charge in [-0.3, -0.25) is 4.79 Å². The molecule has 0 bridgehead atoms. The van der Waals surface area contributed by atoms with Gasteiger partial charge in [0.2, 0.25) is 0 Å². The summed E-state index contributed by atoms with van der Waals surface area (Å²) in [5.74, 6) is 0.592. The van der Waals surface area contributed by atoms with Gasteiger partial charge in [-0.05, 0) is 18.2 Å². The zero-order chi connectivity index (χ0) is 11.3. The summed E-state index contributed by atoms with van der Waals surface area (Å²) in [6.07, 6.45) is 0.728. The third kappa shape index (κ3) is 3.53. The lowest BCUT2D eigenvalue weighted by Crippen LogP contribution is -2.12. The van der Waals surface area contributed by atoms with Gasteiger partial charge in [0, 0.05) is 18.1 Å². The number of hydrogen-bond donors (Lipinski definition) is 1. The summed E-state index contributed by atoms with van der Waals surface area (Å²) < 4.78 is 5.38. The van der Waals surface area contributed by atoms with Crippen molar-refractivity contribution in [2.75, 3.05) is 13.2 Å². The molecule has 1 unspecified atom stereocenters. The number of aliphatic hydroxyl groups excluding tert-OH is 1. The van der Waals surface area contributed by atoms with Crippen LogP contribution in [0.15, 0.2) is 18.2 Å². The van der Waals surface area contributed by atoms with Crippen LogP contribution in [0.4, 0.5) is 0 Å². The number of carbonyl (C=O) groups excluding carboxylic acids is 1. The van der Waals surface area contributed by atoms with Crippen LogP contribution >= 0.6 is 11.6 Å². The molecule has 0 aliphatic carbocycles. The van der Waals surface area contributed by atoms with E-state index in [1.165, 1.54) is 0 Å². The van der Waals surface area contributed by atoms with Crippen molar-refractivity contribution in [3.8, 4) is 5.75 Å². The summed E-state index contributed by atoms with van der Waals surface area (Å²) in [5, 5.41) is 9.21. The minimum absolute atomic E-state index is 0.0619. The van der Waals surface area contributed by atoms with E-state index in [9.17, 15) is 4.79 Å². The van der Waals surface area contributed by atoms with Gasteiger partial charge in [0.15, 0.2) is 0 Å². The van der Waals surface area contributed by atoms with Crippen LogP contribution in [0.3, 0.4) is 0 Å². The molecule has 0 spiro atoms. The van der Waals surface area contributed by atoms with E-state index in [4.69, 9.17) is 21.4 Å². The van der Waals surface area contributed by atoms with Crippen molar-refractivity contribution in [3.63, 3.8) is 0 Å². The Labute approximate surface area is 93.6 Å². The van der Waals surface area contributed by atoms with E-state index in [1.54, 1.807) is 18.2 Å². The smallest absolute Gasteiger partial charge is 0.150 e. The van der Waals surface area contributed by atoms with Crippen LogP contribution in [0.2, 0.25) is 5.02 Å². The maximum atomic E-state index is 10.4. The third-order valence-electron chi connectivity index (χ3n) is 1.93. The molecule has 3 nitrogen and oxygen atoms in total. The van der Waals surface area contributed by atoms with Crippen molar-refractivity contribution in [3.05, 3.63) is 28.8 Å². The molecule has 1 aromatic rings. The molecule has 0 saturated carbocycles. The SMILES string of the molecule is CC(CO)COc1ccc(C=O)cc1Cl. The van der Waals surface area contributed by atoms with Crippen LogP contribution in [0.1, 0.15) is 17.3 Å². The molecule has 0 aliphatic rings. The molecule has 1 rings (SSSR count). The first-order valence-electron chi connectivity index (χ1n) is 4.65. The summed E-state index contributed by atoms with van der Waals surface area (Å²) >= 11 is 5.89. The van der Waals surface area contributed by atoms with E-state index in [-0.39, 0.29) is 12.5 Å². The number of rotatable bonds is 5. The summed E-state index contributed by atoms with van der Waals surface area (Å²) in [7, 11) is 0. The fraction of sp³-hybridized carbons (Fsp3) is 0.364. The molecule has 0 radical (unpaired) electrons. The molecule has 4 heteroatoms. The van der Waals surface area contributed by atoms with Gasteiger partial charge in [-0.2, -0.15) is 0 Å². The van der Waals surface area contributed by atoms with Crippen LogP contribution in [0, 0.1) is 5.92 Å². The second kappa shape index (κ2) is 5.73. The van der Waals surface area contributed by atoms with E-state index < -0.39 is 0 Å². The van der Waals surface area contributed by atoms with Crippen LogP contribution in [-0.2, 0) is 0 Å². The fourth-order valence-electron chi connectivity index (χ4n) is 0.992. The van der Waals surface area contributed by atoms with Gasteiger partial charge in [-0.1, -0.05) is 18.5 Å². The van der Waals surface area contributed by atoms with E-state index in [0.717, 1.165) is 6.29 Å². The summed E-state index contributed by atoms with van der Waals surface area (Å²) in [4.78, 5) is 10.4. The summed E-state index contributed by atoms with van der Waals surface area (Å²) in [5.41, 5.74) is 0.516. The Kier molecular flexibility index (Phi) is 4.59. The van der Waals surface area contributed by atoms with Crippen molar-refractivity contribution >= 4 is 17.9 Å². The Bertz CT molecular complexity index is 339. The topological polar surface area (TPSA) is 46.5 Å². The zero-order valence-electron chi connectivity index (χ0n) is 8.44. The Balaban J connectivity index is 2.65.